The summed E-state index contributed by atoms with van der Waals surface area (Å²) in [5.74, 6) is -0.319. The second-order valence-electron chi connectivity index (χ2n) is 6.00. The third-order valence-corrected chi connectivity index (χ3v) is 4.44. The van der Waals surface area contributed by atoms with Crippen molar-refractivity contribution in [3.8, 4) is 5.75 Å². The van der Waals surface area contributed by atoms with Crippen molar-refractivity contribution >= 4 is 16.8 Å². The maximum atomic E-state index is 12.2. The molecule has 0 saturated carbocycles. The van der Waals surface area contributed by atoms with Crippen molar-refractivity contribution in [1.29, 1.82) is 0 Å². The largest absolute Gasteiger partial charge is 0.507 e. The summed E-state index contributed by atoms with van der Waals surface area (Å²) in [5, 5.41) is 11.2. The number of hydrogen-bond acceptors (Lipinski definition) is 4. The Morgan fingerprint density at radius 3 is 2.59 bits per heavy atom. The number of aryl methyl sites for hydroxylation is 2. The fourth-order valence-corrected chi connectivity index (χ4v) is 3.41. The van der Waals surface area contributed by atoms with Gasteiger partial charge in [0.1, 0.15) is 11.3 Å². The smallest absolute Gasteiger partial charge is 0.339 e. The summed E-state index contributed by atoms with van der Waals surface area (Å²) >= 11 is 0. The molecule has 2 aromatic rings. The van der Waals surface area contributed by atoms with Crippen molar-refractivity contribution in [2.75, 3.05) is 0 Å². The quantitative estimate of drug-likeness (QED) is 0.695. The van der Waals surface area contributed by atoms with Gasteiger partial charge in [-0.2, -0.15) is 0 Å². The summed E-state index contributed by atoms with van der Waals surface area (Å²) in [7, 11) is 0. The Labute approximate surface area is 128 Å². The number of ketones is 1. The fourth-order valence-electron chi connectivity index (χ4n) is 3.41. The number of benzene rings is 1. The van der Waals surface area contributed by atoms with Crippen molar-refractivity contribution < 1.29 is 14.3 Å². The number of aromatic hydroxyl groups is 1. The zero-order valence-corrected chi connectivity index (χ0v) is 13.0. The van der Waals surface area contributed by atoms with Crippen molar-refractivity contribution in [1.82, 2.24) is 0 Å². The Morgan fingerprint density at radius 1 is 1.27 bits per heavy atom. The van der Waals surface area contributed by atoms with Gasteiger partial charge in [0.05, 0.1) is 0 Å². The molecule has 1 N–H and O–H groups in total. The molecule has 0 unspecified atom stereocenters. The van der Waals surface area contributed by atoms with E-state index in [1.165, 1.54) is 6.92 Å². The normalized spacial score (nSPS) is 14.1. The van der Waals surface area contributed by atoms with E-state index in [-0.39, 0.29) is 28.3 Å². The van der Waals surface area contributed by atoms with Gasteiger partial charge in [0.25, 0.3) is 0 Å². The number of hydrogen-bond donors (Lipinski definition) is 1. The van der Waals surface area contributed by atoms with Gasteiger partial charge in [-0.1, -0.05) is 13.3 Å². The van der Waals surface area contributed by atoms with E-state index in [9.17, 15) is 14.7 Å². The first-order valence-electron chi connectivity index (χ1n) is 7.89. The predicted octanol–water partition coefficient (Wildman–Crippen LogP) is 3.53. The maximum Gasteiger partial charge on any atom is 0.339 e. The molecule has 1 aromatic heterocycles. The molecule has 116 valence electrons. The molecule has 0 amide bonds. The average Bonchev–Trinajstić information content (AvgIpc) is 2.49. The van der Waals surface area contributed by atoms with Gasteiger partial charge in [-0.3, -0.25) is 4.79 Å². The molecule has 0 spiro atoms. The molecule has 0 bridgehead atoms. The van der Waals surface area contributed by atoms with E-state index in [0.717, 1.165) is 54.2 Å². The lowest BCUT2D eigenvalue weighted by molar-refractivity contribution is 0.101. The van der Waals surface area contributed by atoms with Crippen LogP contribution in [0.1, 0.15) is 60.2 Å². The number of fused-ring (bicyclic) bond motifs is 3. The molecule has 4 heteroatoms. The van der Waals surface area contributed by atoms with Crippen molar-refractivity contribution in [2.45, 2.75) is 52.4 Å². The highest BCUT2D eigenvalue weighted by molar-refractivity contribution is 6.08. The van der Waals surface area contributed by atoms with Crippen LogP contribution in [0.2, 0.25) is 0 Å². The summed E-state index contributed by atoms with van der Waals surface area (Å²) in [6.45, 7) is 3.42. The van der Waals surface area contributed by atoms with Crippen LogP contribution in [-0.2, 0) is 19.3 Å². The Balaban J connectivity index is 2.45. The summed E-state index contributed by atoms with van der Waals surface area (Å²) in [5.41, 5.74) is 2.51. The van der Waals surface area contributed by atoms with Gasteiger partial charge in [-0.05, 0) is 56.2 Å². The zero-order chi connectivity index (χ0) is 15.9. The Morgan fingerprint density at radius 2 is 1.95 bits per heavy atom. The minimum absolute atomic E-state index is 0.0410. The van der Waals surface area contributed by atoms with Gasteiger partial charge in [0.2, 0.25) is 0 Å². The van der Waals surface area contributed by atoms with E-state index in [0.29, 0.717) is 6.42 Å². The molecule has 0 fully saturated rings. The summed E-state index contributed by atoms with van der Waals surface area (Å²) in [4.78, 5) is 24.2. The van der Waals surface area contributed by atoms with E-state index in [1.54, 1.807) is 0 Å². The molecular formula is C18H20O4. The van der Waals surface area contributed by atoms with Crippen LogP contribution >= 0.6 is 0 Å². The highest BCUT2D eigenvalue weighted by atomic mass is 16.4. The summed E-state index contributed by atoms with van der Waals surface area (Å²) in [6.07, 6.45) is 5.14. The first-order chi connectivity index (χ1) is 10.5. The van der Waals surface area contributed by atoms with E-state index >= 15 is 0 Å². The Hall–Kier alpha value is -2.10. The van der Waals surface area contributed by atoms with E-state index < -0.39 is 0 Å². The zero-order valence-electron chi connectivity index (χ0n) is 13.0. The number of carbonyl (C=O) groups is 1. The lowest BCUT2D eigenvalue weighted by Crippen LogP contribution is -2.17. The molecule has 0 saturated heterocycles. The standard InChI is InChI=1S/C18H20O4/c1-3-6-11-9-14-12-7-4-5-8-13(12)18(21)22-17(14)15(10(2)19)16(11)20/h9,20H,3-8H2,1-2H3. The number of rotatable bonds is 3. The van der Waals surface area contributed by atoms with Gasteiger partial charge in [-0.25, -0.2) is 4.79 Å². The molecule has 1 heterocycles. The third kappa shape index (κ3) is 2.23. The van der Waals surface area contributed by atoms with E-state index in [4.69, 9.17) is 4.42 Å². The molecule has 1 aliphatic carbocycles. The minimum atomic E-state index is -0.368. The van der Waals surface area contributed by atoms with Gasteiger partial charge in [0, 0.05) is 10.9 Å². The average molecular weight is 300 g/mol. The molecule has 1 aliphatic rings. The third-order valence-electron chi connectivity index (χ3n) is 4.44. The first-order valence-corrected chi connectivity index (χ1v) is 7.89. The molecule has 22 heavy (non-hydrogen) atoms. The van der Waals surface area contributed by atoms with Crippen LogP contribution in [-0.4, -0.2) is 10.9 Å². The summed E-state index contributed by atoms with van der Waals surface area (Å²) < 4.78 is 5.43. The van der Waals surface area contributed by atoms with Crippen LogP contribution in [0.4, 0.5) is 0 Å². The maximum absolute atomic E-state index is 12.2. The minimum Gasteiger partial charge on any atom is -0.507 e. The monoisotopic (exact) mass is 300 g/mol. The topological polar surface area (TPSA) is 67.5 Å². The second kappa shape index (κ2) is 5.59. The van der Waals surface area contributed by atoms with Crippen LogP contribution in [0.3, 0.4) is 0 Å². The molecule has 4 nitrogen and oxygen atoms in total. The van der Waals surface area contributed by atoms with Gasteiger partial charge in [-0.15, -0.1) is 0 Å². The van der Waals surface area contributed by atoms with Crippen molar-refractivity contribution in [2.24, 2.45) is 0 Å². The highest BCUT2D eigenvalue weighted by Gasteiger charge is 2.24. The van der Waals surface area contributed by atoms with Gasteiger partial charge < -0.3 is 9.52 Å². The number of Topliss-reactive ketones (excluding diaryl/α,β-unsaturated/α-hetero) is 1. The van der Waals surface area contributed by atoms with Crippen LogP contribution < -0.4 is 5.63 Å². The van der Waals surface area contributed by atoms with E-state index in [1.807, 2.05) is 13.0 Å². The van der Waals surface area contributed by atoms with Crippen LogP contribution in [0.15, 0.2) is 15.3 Å². The fraction of sp³-hybridized carbons (Fsp3) is 0.444. The first kappa shape index (κ1) is 14.8. The molecule has 0 aliphatic heterocycles. The molecular weight excluding hydrogens is 280 g/mol. The number of carbonyl (C=O) groups excluding carboxylic acids is 1. The molecule has 3 rings (SSSR count). The van der Waals surface area contributed by atoms with Crippen LogP contribution in [0, 0.1) is 0 Å². The van der Waals surface area contributed by atoms with Crippen LogP contribution in [0.25, 0.3) is 11.0 Å². The Kier molecular flexibility index (Phi) is 3.77. The van der Waals surface area contributed by atoms with Crippen molar-refractivity contribution in [3.63, 3.8) is 0 Å². The summed E-state index contributed by atoms with van der Waals surface area (Å²) in [6, 6.07) is 1.90. The molecule has 0 atom stereocenters. The van der Waals surface area contributed by atoms with Gasteiger partial charge >= 0.3 is 5.63 Å². The lowest BCUT2D eigenvalue weighted by atomic mass is 9.88. The number of phenolic OH excluding ortho intramolecular Hbond substituents is 1. The SMILES string of the molecule is CCCc1cc2c3c(c(=O)oc2c(C(C)=O)c1O)CCCC3. The Bertz CT molecular complexity index is 814. The second-order valence-corrected chi connectivity index (χ2v) is 6.00. The van der Waals surface area contributed by atoms with Crippen molar-refractivity contribution in [3.05, 3.63) is 38.7 Å². The predicted molar refractivity (Wildman–Crippen MR) is 84.8 cm³/mol. The highest BCUT2D eigenvalue weighted by Crippen LogP contribution is 2.36. The number of phenols is 1. The molecule has 0 radical (unpaired) electrons. The molecule has 1 aromatic carbocycles. The van der Waals surface area contributed by atoms with Crippen LogP contribution in [0.5, 0.6) is 5.75 Å². The lowest BCUT2D eigenvalue weighted by Gasteiger charge is -2.18. The van der Waals surface area contributed by atoms with Gasteiger partial charge in [0.15, 0.2) is 11.4 Å². The van der Waals surface area contributed by atoms with E-state index in [2.05, 4.69) is 0 Å².